The Morgan fingerprint density at radius 1 is 1.70 bits per heavy atom. The van der Waals surface area contributed by atoms with Gasteiger partial charge in [-0.1, -0.05) is 0 Å². The van der Waals surface area contributed by atoms with Crippen LogP contribution in [0.4, 0.5) is 0 Å². The van der Waals surface area contributed by atoms with Gasteiger partial charge in [-0.05, 0) is 0 Å². The Morgan fingerprint density at radius 3 is 2.80 bits per heavy atom. The minimum absolute atomic E-state index is 0.109. The highest BCUT2D eigenvalue weighted by atomic mass is 32.2. The van der Waals surface area contributed by atoms with Gasteiger partial charge >= 0.3 is 0 Å². The van der Waals surface area contributed by atoms with E-state index >= 15 is 0 Å². The van der Waals surface area contributed by atoms with Crippen molar-refractivity contribution in [1.29, 1.82) is 0 Å². The van der Waals surface area contributed by atoms with E-state index in [-0.39, 0.29) is 5.75 Å². The summed E-state index contributed by atoms with van der Waals surface area (Å²) in [6.45, 7) is 0. The summed E-state index contributed by atoms with van der Waals surface area (Å²) < 4.78 is 21.4. The van der Waals surface area contributed by atoms with Crippen LogP contribution in [0.25, 0.3) is 0 Å². The summed E-state index contributed by atoms with van der Waals surface area (Å²) >= 11 is 1.36. The lowest BCUT2D eigenvalue weighted by atomic mass is 10.6. The number of rotatable bonds is 2. The van der Waals surface area contributed by atoms with E-state index in [1.807, 2.05) is 0 Å². The zero-order valence-corrected chi connectivity index (χ0v) is 7.08. The minimum atomic E-state index is -2.88. The number of hydrogen-bond donors (Lipinski definition) is 0. The molecule has 1 rings (SSSR count). The van der Waals surface area contributed by atoms with Gasteiger partial charge in [-0.3, -0.25) is 4.98 Å². The van der Waals surface area contributed by atoms with Gasteiger partial charge in [-0.15, -0.1) is 11.3 Å². The maximum absolute atomic E-state index is 10.7. The third-order valence-corrected chi connectivity index (χ3v) is 2.69. The van der Waals surface area contributed by atoms with Crippen LogP contribution < -0.4 is 0 Å². The van der Waals surface area contributed by atoms with Crippen LogP contribution in [0.1, 0.15) is 4.88 Å². The molecule has 3 nitrogen and oxygen atoms in total. The Balaban J connectivity index is 2.75. The summed E-state index contributed by atoms with van der Waals surface area (Å²) in [6.07, 6.45) is 2.79. The second-order valence-corrected chi connectivity index (χ2v) is 5.15. The van der Waals surface area contributed by atoms with Crippen LogP contribution in [-0.4, -0.2) is 19.7 Å². The molecule has 0 unspecified atom stereocenters. The summed E-state index contributed by atoms with van der Waals surface area (Å²) in [5.41, 5.74) is 1.63. The summed E-state index contributed by atoms with van der Waals surface area (Å²) in [5.74, 6) is 0.109. The van der Waals surface area contributed by atoms with Crippen LogP contribution in [-0.2, 0) is 15.6 Å². The lowest BCUT2D eigenvalue weighted by Crippen LogP contribution is -1.98. The van der Waals surface area contributed by atoms with Gasteiger partial charge in [0.1, 0.15) is 0 Å². The molecule has 0 aliphatic heterocycles. The summed E-state index contributed by atoms with van der Waals surface area (Å²) in [4.78, 5) is 4.55. The third-order valence-electron chi connectivity index (χ3n) is 0.888. The van der Waals surface area contributed by atoms with E-state index in [2.05, 4.69) is 4.98 Å². The topological polar surface area (TPSA) is 47.0 Å². The maximum atomic E-state index is 10.7. The number of hydrogen-bond acceptors (Lipinski definition) is 4. The molecule has 0 saturated carbocycles. The first-order chi connectivity index (χ1) is 4.58. The molecule has 0 amide bonds. The highest BCUT2D eigenvalue weighted by Crippen LogP contribution is 2.08. The number of thiazole rings is 1. The average Bonchev–Trinajstić information content (AvgIpc) is 2.12. The van der Waals surface area contributed by atoms with Crippen LogP contribution >= 0.6 is 11.3 Å². The van der Waals surface area contributed by atoms with Gasteiger partial charge < -0.3 is 0 Å². The first-order valence-corrected chi connectivity index (χ1v) is 5.57. The molecule has 10 heavy (non-hydrogen) atoms. The molecular weight excluding hydrogens is 170 g/mol. The molecule has 0 aromatic carbocycles. The molecule has 0 N–H and O–H groups in total. The van der Waals surface area contributed by atoms with Gasteiger partial charge in [0.05, 0.1) is 11.3 Å². The minimum Gasteiger partial charge on any atom is -0.253 e. The predicted octanol–water partition coefficient (Wildman–Crippen LogP) is 0.688. The normalized spacial score (nSPS) is 11.7. The van der Waals surface area contributed by atoms with Crippen molar-refractivity contribution in [2.45, 2.75) is 5.75 Å². The standard InChI is InChI=1S/C5H7NO2S2/c1-10(7,8)3-5-2-6-4-9-5/h2,4H,3H2,1H3. The lowest BCUT2D eigenvalue weighted by Gasteiger charge is -1.89. The largest absolute Gasteiger partial charge is 0.253 e. The van der Waals surface area contributed by atoms with Gasteiger partial charge in [0.15, 0.2) is 9.84 Å². The van der Waals surface area contributed by atoms with Gasteiger partial charge in [0.2, 0.25) is 0 Å². The van der Waals surface area contributed by atoms with Gasteiger partial charge in [-0.25, -0.2) is 8.42 Å². The maximum Gasteiger partial charge on any atom is 0.152 e. The predicted molar refractivity (Wildman–Crippen MR) is 40.7 cm³/mol. The van der Waals surface area contributed by atoms with Crippen LogP contribution in [0.2, 0.25) is 0 Å². The monoisotopic (exact) mass is 177 g/mol. The quantitative estimate of drug-likeness (QED) is 0.667. The number of nitrogens with zero attached hydrogens (tertiary/aromatic N) is 1. The summed E-state index contributed by atoms with van der Waals surface area (Å²) in [5, 5.41) is 0. The van der Waals surface area contributed by atoms with Crippen molar-refractivity contribution in [2.24, 2.45) is 0 Å². The highest BCUT2D eigenvalue weighted by Gasteiger charge is 2.04. The van der Waals surface area contributed by atoms with Crippen molar-refractivity contribution in [3.63, 3.8) is 0 Å². The van der Waals surface area contributed by atoms with Gasteiger partial charge in [0.25, 0.3) is 0 Å². The van der Waals surface area contributed by atoms with E-state index in [1.165, 1.54) is 17.6 Å². The SMILES string of the molecule is CS(=O)(=O)Cc1cncs1. The molecule has 0 saturated heterocycles. The second-order valence-electron chi connectivity index (χ2n) is 2.04. The molecule has 0 aliphatic rings. The molecule has 1 aromatic rings. The molecule has 0 bridgehead atoms. The molecular formula is C5H7NO2S2. The Kier molecular flexibility index (Phi) is 2.05. The van der Waals surface area contributed by atoms with E-state index in [1.54, 1.807) is 11.7 Å². The van der Waals surface area contributed by atoms with Crippen LogP contribution in [0.15, 0.2) is 11.7 Å². The lowest BCUT2D eigenvalue weighted by molar-refractivity contribution is 0.601. The fourth-order valence-electron chi connectivity index (χ4n) is 0.572. The van der Waals surface area contributed by atoms with E-state index in [4.69, 9.17) is 0 Å². The van der Waals surface area contributed by atoms with Crippen LogP contribution in [0, 0.1) is 0 Å². The molecule has 56 valence electrons. The van der Waals surface area contributed by atoms with E-state index in [9.17, 15) is 8.42 Å². The van der Waals surface area contributed by atoms with Gasteiger partial charge in [-0.2, -0.15) is 0 Å². The van der Waals surface area contributed by atoms with Crippen molar-refractivity contribution in [1.82, 2.24) is 4.98 Å². The molecule has 0 aliphatic carbocycles. The van der Waals surface area contributed by atoms with Crippen molar-refractivity contribution < 1.29 is 8.42 Å². The first-order valence-electron chi connectivity index (χ1n) is 2.63. The smallest absolute Gasteiger partial charge is 0.152 e. The average molecular weight is 177 g/mol. The number of sulfone groups is 1. The Bertz CT molecular complexity index is 287. The highest BCUT2D eigenvalue weighted by molar-refractivity contribution is 7.90. The fraction of sp³-hybridized carbons (Fsp3) is 0.400. The molecule has 0 atom stereocenters. The van der Waals surface area contributed by atoms with E-state index in [0.29, 0.717) is 0 Å². The summed E-state index contributed by atoms with van der Waals surface area (Å²) in [7, 11) is -2.88. The Hall–Kier alpha value is -0.420. The van der Waals surface area contributed by atoms with Crippen LogP contribution in [0.5, 0.6) is 0 Å². The molecule has 0 radical (unpaired) electrons. The van der Waals surface area contributed by atoms with Crippen molar-refractivity contribution in [2.75, 3.05) is 6.26 Å². The Morgan fingerprint density at radius 2 is 2.40 bits per heavy atom. The zero-order chi connectivity index (χ0) is 7.61. The number of aromatic nitrogens is 1. The molecule has 5 heteroatoms. The zero-order valence-electron chi connectivity index (χ0n) is 5.44. The Labute approximate surface area is 63.6 Å². The fourth-order valence-corrected chi connectivity index (χ4v) is 2.46. The van der Waals surface area contributed by atoms with Crippen molar-refractivity contribution in [3.05, 3.63) is 16.6 Å². The molecule has 0 spiro atoms. The van der Waals surface area contributed by atoms with Crippen molar-refractivity contribution >= 4 is 21.2 Å². The van der Waals surface area contributed by atoms with Gasteiger partial charge in [0, 0.05) is 17.3 Å². The van der Waals surface area contributed by atoms with E-state index in [0.717, 1.165) is 4.88 Å². The summed E-state index contributed by atoms with van der Waals surface area (Å²) in [6, 6.07) is 0. The van der Waals surface area contributed by atoms with E-state index < -0.39 is 9.84 Å². The third kappa shape index (κ3) is 2.45. The molecule has 1 aromatic heterocycles. The second kappa shape index (κ2) is 2.67. The molecule has 1 heterocycles. The molecule has 0 fully saturated rings. The van der Waals surface area contributed by atoms with Crippen LogP contribution in [0.3, 0.4) is 0 Å². The first kappa shape index (κ1) is 7.68. The van der Waals surface area contributed by atoms with Crippen molar-refractivity contribution in [3.8, 4) is 0 Å².